The average molecular weight is 243 g/mol. The Morgan fingerprint density at radius 3 is 2.56 bits per heavy atom. The molecule has 0 atom stereocenters. The standard InChI is InChI=1S/C11H4ClF3N/c12-9-3-6(13)1-2-8(9)11-10(15)4-7(14)5-16-11/h1-2,4-5H. The summed E-state index contributed by atoms with van der Waals surface area (Å²) in [6, 6.07) is 5.20. The maximum Gasteiger partial charge on any atom is 0.152 e. The first-order chi connectivity index (χ1) is 7.58. The van der Waals surface area contributed by atoms with E-state index in [0.717, 1.165) is 12.3 Å². The first-order valence-electron chi connectivity index (χ1n) is 4.26. The molecule has 0 bridgehead atoms. The van der Waals surface area contributed by atoms with Gasteiger partial charge in [-0.15, -0.1) is 0 Å². The summed E-state index contributed by atoms with van der Waals surface area (Å²) >= 11 is 5.68. The van der Waals surface area contributed by atoms with Crippen LogP contribution < -0.4 is 0 Å². The van der Waals surface area contributed by atoms with Crippen LogP contribution in [0, 0.1) is 23.5 Å². The van der Waals surface area contributed by atoms with Crippen LogP contribution in [0.4, 0.5) is 13.2 Å². The Balaban J connectivity index is 2.59. The van der Waals surface area contributed by atoms with Crippen LogP contribution in [0.5, 0.6) is 0 Å². The van der Waals surface area contributed by atoms with Crippen molar-refractivity contribution < 1.29 is 13.2 Å². The van der Waals surface area contributed by atoms with Gasteiger partial charge in [0.1, 0.15) is 17.3 Å². The van der Waals surface area contributed by atoms with Crippen molar-refractivity contribution in [3.63, 3.8) is 0 Å². The Bertz CT molecular complexity index is 493. The quantitative estimate of drug-likeness (QED) is 0.744. The summed E-state index contributed by atoms with van der Waals surface area (Å²) < 4.78 is 38.7. The number of halogens is 4. The molecule has 1 radical (unpaired) electrons. The summed E-state index contributed by atoms with van der Waals surface area (Å²) in [5.74, 6) is -2.30. The zero-order valence-corrected chi connectivity index (χ0v) is 8.52. The van der Waals surface area contributed by atoms with E-state index in [1.54, 1.807) is 0 Å². The van der Waals surface area contributed by atoms with Crippen LogP contribution in [0.1, 0.15) is 0 Å². The fourth-order valence-electron chi connectivity index (χ4n) is 1.24. The van der Waals surface area contributed by atoms with Crippen molar-refractivity contribution in [1.82, 2.24) is 4.98 Å². The maximum absolute atomic E-state index is 13.3. The van der Waals surface area contributed by atoms with Gasteiger partial charge in [0.05, 0.1) is 11.2 Å². The van der Waals surface area contributed by atoms with Crippen molar-refractivity contribution in [2.75, 3.05) is 0 Å². The Kier molecular flexibility index (Phi) is 2.83. The zero-order chi connectivity index (χ0) is 11.7. The first kappa shape index (κ1) is 11.0. The van der Waals surface area contributed by atoms with E-state index in [0.29, 0.717) is 6.07 Å². The molecule has 0 fully saturated rings. The lowest BCUT2D eigenvalue weighted by atomic mass is 10.1. The minimum Gasteiger partial charge on any atom is -0.250 e. The van der Waals surface area contributed by atoms with Crippen molar-refractivity contribution in [1.29, 1.82) is 0 Å². The largest absolute Gasteiger partial charge is 0.250 e. The van der Waals surface area contributed by atoms with Crippen LogP contribution in [0.2, 0.25) is 5.02 Å². The normalized spacial score (nSPS) is 10.5. The van der Waals surface area contributed by atoms with Crippen LogP contribution in [-0.4, -0.2) is 4.98 Å². The van der Waals surface area contributed by atoms with E-state index in [1.807, 2.05) is 0 Å². The Morgan fingerprint density at radius 1 is 1.19 bits per heavy atom. The summed E-state index contributed by atoms with van der Waals surface area (Å²) in [6.07, 6.45) is 0.859. The number of hydrogen-bond acceptors (Lipinski definition) is 1. The van der Waals surface area contributed by atoms with Gasteiger partial charge in [-0.05, 0) is 12.1 Å². The highest BCUT2D eigenvalue weighted by Gasteiger charge is 2.12. The third-order valence-corrected chi connectivity index (χ3v) is 2.22. The maximum atomic E-state index is 13.3. The number of rotatable bonds is 1. The molecule has 16 heavy (non-hydrogen) atoms. The molecule has 0 spiro atoms. The Labute approximate surface area is 94.5 Å². The van der Waals surface area contributed by atoms with Crippen molar-refractivity contribution in [3.8, 4) is 11.3 Å². The van der Waals surface area contributed by atoms with Gasteiger partial charge in [-0.3, -0.25) is 4.98 Å². The SMILES string of the molecule is Fc1[c]c(Cl)c(-c2ncc(F)cc2F)cc1. The molecule has 0 saturated carbocycles. The number of pyridine rings is 1. The molecule has 1 aromatic heterocycles. The second-order valence-electron chi connectivity index (χ2n) is 3.02. The molecule has 0 aliphatic heterocycles. The molecule has 0 unspecified atom stereocenters. The topological polar surface area (TPSA) is 12.9 Å². The van der Waals surface area contributed by atoms with E-state index in [2.05, 4.69) is 11.1 Å². The van der Waals surface area contributed by atoms with Gasteiger partial charge in [-0.1, -0.05) is 11.6 Å². The summed E-state index contributed by atoms with van der Waals surface area (Å²) in [4.78, 5) is 3.56. The number of nitrogens with zero attached hydrogens (tertiary/aromatic N) is 1. The molecule has 0 N–H and O–H groups in total. The Hall–Kier alpha value is -1.55. The zero-order valence-electron chi connectivity index (χ0n) is 7.77. The fraction of sp³-hybridized carbons (Fsp3) is 0. The number of aromatic nitrogens is 1. The number of hydrogen-bond donors (Lipinski definition) is 0. The summed E-state index contributed by atoms with van der Waals surface area (Å²) in [7, 11) is 0. The molecule has 1 aromatic carbocycles. The van der Waals surface area contributed by atoms with Gasteiger partial charge in [0, 0.05) is 17.7 Å². The summed E-state index contributed by atoms with van der Waals surface area (Å²) in [5, 5.41) is -0.0991. The van der Waals surface area contributed by atoms with Crippen molar-refractivity contribution in [2.45, 2.75) is 0 Å². The highest BCUT2D eigenvalue weighted by molar-refractivity contribution is 6.33. The molecule has 0 aliphatic rings. The van der Waals surface area contributed by atoms with Gasteiger partial charge in [0.15, 0.2) is 5.82 Å². The molecule has 81 valence electrons. The van der Waals surface area contributed by atoms with Gasteiger partial charge < -0.3 is 0 Å². The van der Waals surface area contributed by atoms with Gasteiger partial charge in [-0.25, -0.2) is 13.2 Å². The molecule has 0 saturated heterocycles. The van der Waals surface area contributed by atoms with Crippen LogP contribution >= 0.6 is 11.6 Å². The molecular formula is C11H4ClF3N. The molecule has 1 heterocycles. The van der Waals surface area contributed by atoms with Crippen LogP contribution in [0.25, 0.3) is 11.3 Å². The van der Waals surface area contributed by atoms with Crippen LogP contribution in [0.3, 0.4) is 0 Å². The predicted octanol–water partition coefficient (Wildman–Crippen LogP) is 3.62. The second-order valence-corrected chi connectivity index (χ2v) is 3.40. The highest BCUT2D eigenvalue weighted by Crippen LogP contribution is 2.28. The molecule has 2 rings (SSSR count). The van der Waals surface area contributed by atoms with E-state index in [4.69, 9.17) is 11.6 Å². The Morgan fingerprint density at radius 2 is 1.94 bits per heavy atom. The van der Waals surface area contributed by atoms with E-state index >= 15 is 0 Å². The van der Waals surface area contributed by atoms with E-state index in [9.17, 15) is 13.2 Å². The average Bonchev–Trinajstić information content (AvgIpc) is 2.19. The van der Waals surface area contributed by atoms with Gasteiger partial charge in [0.2, 0.25) is 0 Å². The van der Waals surface area contributed by atoms with E-state index < -0.39 is 17.5 Å². The lowest BCUT2D eigenvalue weighted by molar-refractivity contribution is 0.576. The van der Waals surface area contributed by atoms with Crippen molar-refractivity contribution in [2.24, 2.45) is 0 Å². The van der Waals surface area contributed by atoms with Crippen LogP contribution in [0.15, 0.2) is 24.4 Å². The third kappa shape index (κ3) is 2.02. The second kappa shape index (κ2) is 4.14. The molecule has 0 aliphatic carbocycles. The molecule has 2 aromatic rings. The minimum absolute atomic E-state index is 0.0991. The fourth-order valence-corrected chi connectivity index (χ4v) is 1.48. The molecule has 5 heteroatoms. The van der Waals surface area contributed by atoms with Gasteiger partial charge in [0.25, 0.3) is 0 Å². The monoisotopic (exact) mass is 242 g/mol. The molecule has 1 nitrogen and oxygen atoms in total. The smallest absolute Gasteiger partial charge is 0.152 e. The first-order valence-corrected chi connectivity index (χ1v) is 4.64. The lowest BCUT2D eigenvalue weighted by Crippen LogP contribution is -1.92. The molecule has 0 amide bonds. The van der Waals surface area contributed by atoms with Crippen molar-refractivity contribution in [3.05, 3.63) is 52.9 Å². The van der Waals surface area contributed by atoms with Crippen molar-refractivity contribution >= 4 is 11.6 Å². The summed E-state index contributed by atoms with van der Waals surface area (Å²) in [6.45, 7) is 0. The van der Waals surface area contributed by atoms with E-state index in [-0.39, 0.29) is 16.3 Å². The minimum atomic E-state index is -0.859. The highest BCUT2D eigenvalue weighted by atomic mass is 35.5. The lowest BCUT2D eigenvalue weighted by Gasteiger charge is -2.04. The van der Waals surface area contributed by atoms with E-state index in [1.165, 1.54) is 6.07 Å². The van der Waals surface area contributed by atoms with Gasteiger partial charge >= 0.3 is 0 Å². The number of benzene rings is 1. The summed E-state index contributed by atoms with van der Waals surface area (Å²) in [5.41, 5.74) is 0.0308. The molecular weight excluding hydrogens is 239 g/mol. The third-order valence-electron chi connectivity index (χ3n) is 1.92. The predicted molar refractivity (Wildman–Crippen MR) is 53.4 cm³/mol. The van der Waals surface area contributed by atoms with Crippen LogP contribution in [-0.2, 0) is 0 Å². The van der Waals surface area contributed by atoms with Gasteiger partial charge in [-0.2, -0.15) is 0 Å².